The number of hydrogen-bond acceptors (Lipinski definition) is 3. The molecule has 3 nitrogen and oxygen atoms in total. The highest BCUT2D eigenvalue weighted by Crippen LogP contribution is 2.30. The van der Waals surface area contributed by atoms with Crippen LogP contribution in [0.3, 0.4) is 0 Å². The first-order valence-electron chi connectivity index (χ1n) is 6.19. The van der Waals surface area contributed by atoms with E-state index in [1.54, 1.807) is 35.6 Å². The fourth-order valence-corrected chi connectivity index (χ4v) is 3.45. The molecule has 0 unspecified atom stereocenters. The second-order valence-electron chi connectivity index (χ2n) is 4.56. The number of nitrogens with one attached hydrogen (secondary N) is 1. The summed E-state index contributed by atoms with van der Waals surface area (Å²) in [5.74, 6) is -0.0884. The van der Waals surface area contributed by atoms with Crippen LogP contribution in [0.1, 0.15) is 32.1 Å². The highest BCUT2D eigenvalue weighted by Gasteiger charge is 2.18. The third-order valence-electron chi connectivity index (χ3n) is 3.22. The van der Waals surface area contributed by atoms with Gasteiger partial charge in [0, 0.05) is 10.6 Å². The molecule has 0 bridgehead atoms. The van der Waals surface area contributed by atoms with E-state index in [1.807, 2.05) is 6.07 Å². The van der Waals surface area contributed by atoms with Crippen molar-refractivity contribution in [3.05, 3.63) is 51.2 Å². The van der Waals surface area contributed by atoms with E-state index in [9.17, 15) is 4.79 Å². The number of carbonyl (C=O) groups is 1. The number of fused-ring (bicyclic) bond motifs is 1. The minimum absolute atomic E-state index is 0.0884. The zero-order chi connectivity index (χ0) is 13.2. The van der Waals surface area contributed by atoms with Gasteiger partial charge in [-0.15, -0.1) is 11.3 Å². The minimum Gasteiger partial charge on any atom is -0.321 e. The molecule has 1 heterocycles. The lowest BCUT2D eigenvalue weighted by molar-refractivity contribution is 0.103. The Labute approximate surface area is 115 Å². The summed E-state index contributed by atoms with van der Waals surface area (Å²) in [6, 6.07) is 11.0. The van der Waals surface area contributed by atoms with Crippen molar-refractivity contribution in [1.82, 2.24) is 0 Å². The Balaban J connectivity index is 1.79. The maximum atomic E-state index is 12.1. The lowest BCUT2D eigenvalue weighted by atomic mass is 10.2. The van der Waals surface area contributed by atoms with E-state index in [0.29, 0.717) is 11.3 Å². The molecule has 0 saturated carbocycles. The first-order chi connectivity index (χ1) is 9.26. The molecule has 0 spiro atoms. The van der Waals surface area contributed by atoms with Crippen LogP contribution in [0.25, 0.3) is 0 Å². The molecule has 1 aliphatic rings. The topological polar surface area (TPSA) is 52.9 Å². The first-order valence-corrected chi connectivity index (χ1v) is 7.01. The second-order valence-corrected chi connectivity index (χ2v) is 5.70. The summed E-state index contributed by atoms with van der Waals surface area (Å²) in [5, 5.41) is 11.7. The van der Waals surface area contributed by atoms with Gasteiger partial charge in [-0.1, -0.05) is 6.07 Å². The number of nitriles is 1. The number of rotatable bonds is 2. The fourth-order valence-electron chi connectivity index (χ4n) is 2.30. The number of hydrogen-bond donors (Lipinski definition) is 1. The Morgan fingerprint density at radius 2 is 2.21 bits per heavy atom. The average molecular weight is 268 g/mol. The van der Waals surface area contributed by atoms with Crippen molar-refractivity contribution >= 4 is 22.9 Å². The summed E-state index contributed by atoms with van der Waals surface area (Å²) < 4.78 is 0. The molecule has 0 atom stereocenters. The Hall–Kier alpha value is -2.12. The predicted octanol–water partition coefficient (Wildman–Crippen LogP) is 3.36. The first kappa shape index (κ1) is 11.9. The minimum atomic E-state index is -0.0884. The highest BCUT2D eigenvalue weighted by molar-refractivity contribution is 7.14. The van der Waals surface area contributed by atoms with E-state index in [-0.39, 0.29) is 5.91 Å². The van der Waals surface area contributed by atoms with Crippen molar-refractivity contribution in [2.24, 2.45) is 0 Å². The predicted molar refractivity (Wildman–Crippen MR) is 75.5 cm³/mol. The van der Waals surface area contributed by atoms with Gasteiger partial charge in [0.2, 0.25) is 0 Å². The van der Waals surface area contributed by atoms with Gasteiger partial charge >= 0.3 is 0 Å². The summed E-state index contributed by atoms with van der Waals surface area (Å²) in [5.41, 5.74) is 2.53. The Kier molecular flexibility index (Phi) is 3.06. The summed E-state index contributed by atoms with van der Waals surface area (Å²) in [4.78, 5) is 14.2. The van der Waals surface area contributed by atoms with Crippen molar-refractivity contribution in [3.8, 4) is 6.07 Å². The number of benzene rings is 1. The van der Waals surface area contributed by atoms with E-state index in [0.717, 1.165) is 17.7 Å². The van der Waals surface area contributed by atoms with Gasteiger partial charge in [-0.2, -0.15) is 5.26 Å². The number of carbonyl (C=O) groups excluding carboxylic acids is 1. The molecule has 1 aliphatic carbocycles. The molecule has 4 heteroatoms. The zero-order valence-corrected chi connectivity index (χ0v) is 11.1. The molecule has 1 N–H and O–H groups in total. The standard InChI is InChI=1S/C15H12N2OS/c16-9-10-3-1-5-12(7-10)17-15(18)14-8-11-4-2-6-13(11)19-14/h1,3,5,7-8H,2,4,6H2,(H,17,18). The van der Waals surface area contributed by atoms with Gasteiger partial charge < -0.3 is 5.32 Å². The van der Waals surface area contributed by atoms with Crippen LogP contribution in [0.5, 0.6) is 0 Å². The average Bonchev–Trinajstić information content (AvgIpc) is 2.99. The van der Waals surface area contributed by atoms with Gasteiger partial charge in [-0.25, -0.2) is 0 Å². The van der Waals surface area contributed by atoms with Crippen molar-refractivity contribution in [2.75, 3.05) is 5.32 Å². The van der Waals surface area contributed by atoms with Crippen molar-refractivity contribution < 1.29 is 4.79 Å². The molecule has 0 aliphatic heterocycles. The van der Waals surface area contributed by atoms with Crippen molar-refractivity contribution in [3.63, 3.8) is 0 Å². The molecule has 3 rings (SSSR count). The molecule has 19 heavy (non-hydrogen) atoms. The van der Waals surface area contributed by atoms with Crippen molar-refractivity contribution in [2.45, 2.75) is 19.3 Å². The monoisotopic (exact) mass is 268 g/mol. The largest absolute Gasteiger partial charge is 0.321 e. The number of aryl methyl sites for hydroxylation is 2. The van der Waals surface area contributed by atoms with Gasteiger partial charge in [-0.05, 0) is 49.1 Å². The fraction of sp³-hybridized carbons (Fsp3) is 0.200. The van der Waals surface area contributed by atoms with Crippen LogP contribution in [0.15, 0.2) is 30.3 Å². The molecular weight excluding hydrogens is 256 g/mol. The van der Waals surface area contributed by atoms with Crippen LogP contribution >= 0.6 is 11.3 Å². The third kappa shape index (κ3) is 2.38. The van der Waals surface area contributed by atoms with Crippen LogP contribution in [0.4, 0.5) is 5.69 Å². The highest BCUT2D eigenvalue weighted by atomic mass is 32.1. The summed E-state index contributed by atoms with van der Waals surface area (Å²) in [7, 11) is 0. The van der Waals surface area contributed by atoms with Crippen molar-refractivity contribution in [1.29, 1.82) is 5.26 Å². The molecule has 1 aromatic heterocycles. The van der Waals surface area contributed by atoms with Crippen LogP contribution < -0.4 is 5.32 Å². The summed E-state index contributed by atoms with van der Waals surface area (Å²) in [6.45, 7) is 0. The van der Waals surface area contributed by atoms with E-state index in [1.165, 1.54) is 16.9 Å². The van der Waals surface area contributed by atoms with Gasteiger partial charge in [0.1, 0.15) is 0 Å². The van der Waals surface area contributed by atoms with Crippen LogP contribution in [0.2, 0.25) is 0 Å². The molecular formula is C15H12N2OS. The second kappa shape index (κ2) is 4.87. The van der Waals surface area contributed by atoms with Crippen LogP contribution in [-0.4, -0.2) is 5.91 Å². The van der Waals surface area contributed by atoms with E-state index in [4.69, 9.17) is 5.26 Å². The number of amides is 1. The molecule has 94 valence electrons. The number of nitrogens with zero attached hydrogens (tertiary/aromatic N) is 1. The summed E-state index contributed by atoms with van der Waals surface area (Å²) in [6.07, 6.45) is 3.38. The maximum absolute atomic E-state index is 12.1. The molecule has 1 aromatic carbocycles. The Morgan fingerprint density at radius 3 is 3.00 bits per heavy atom. The number of thiophene rings is 1. The van der Waals surface area contributed by atoms with Crippen LogP contribution in [-0.2, 0) is 12.8 Å². The van der Waals surface area contributed by atoms with E-state index in [2.05, 4.69) is 11.4 Å². The third-order valence-corrected chi connectivity index (χ3v) is 4.46. The van der Waals surface area contributed by atoms with E-state index >= 15 is 0 Å². The summed E-state index contributed by atoms with van der Waals surface area (Å²) >= 11 is 1.58. The molecule has 1 amide bonds. The lowest BCUT2D eigenvalue weighted by Crippen LogP contribution is -2.10. The van der Waals surface area contributed by atoms with Gasteiger partial charge in [-0.3, -0.25) is 4.79 Å². The lowest BCUT2D eigenvalue weighted by Gasteiger charge is -2.03. The van der Waals surface area contributed by atoms with Gasteiger partial charge in [0.25, 0.3) is 5.91 Å². The molecule has 2 aromatic rings. The SMILES string of the molecule is N#Cc1cccc(NC(=O)c2cc3c(s2)CCC3)c1. The normalized spacial score (nSPS) is 12.8. The maximum Gasteiger partial charge on any atom is 0.265 e. The molecule has 0 saturated heterocycles. The zero-order valence-electron chi connectivity index (χ0n) is 10.3. The molecule has 0 fully saturated rings. The van der Waals surface area contributed by atoms with Gasteiger partial charge in [0.15, 0.2) is 0 Å². The Bertz CT molecular complexity index is 660. The van der Waals surface area contributed by atoms with E-state index < -0.39 is 0 Å². The Morgan fingerprint density at radius 1 is 1.32 bits per heavy atom. The van der Waals surface area contributed by atoms with Crippen LogP contribution in [0, 0.1) is 11.3 Å². The van der Waals surface area contributed by atoms with Gasteiger partial charge in [0.05, 0.1) is 16.5 Å². The smallest absolute Gasteiger partial charge is 0.265 e. The molecule has 0 radical (unpaired) electrons. The quantitative estimate of drug-likeness (QED) is 0.908. The number of anilines is 1.